The fourth-order valence-corrected chi connectivity index (χ4v) is 2.18. The van der Waals surface area contributed by atoms with Crippen LogP contribution in [-0.4, -0.2) is 10.1 Å². The van der Waals surface area contributed by atoms with Crippen molar-refractivity contribution in [2.45, 2.75) is 6.42 Å². The summed E-state index contributed by atoms with van der Waals surface area (Å²) in [7, 11) is 0. The van der Waals surface area contributed by atoms with Gasteiger partial charge < -0.3 is 4.52 Å². The fourth-order valence-electron chi connectivity index (χ4n) is 1.92. The van der Waals surface area contributed by atoms with Gasteiger partial charge >= 0.3 is 0 Å². The second-order valence-electron chi connectivity index (χ2n) is 4.51. The van der Waals surface area contributed by atoms with Gasteiger partial charge in [0.2, 0.25) is 0 Å². The van der Waals surface area contributed by atoms with Gasteiger partial charge in [0.1, 0.15) is 0 Å². The summed E-state index contributed by atoms with van der Waals surface area (Å²) >= 11 is 3.40. The lowest BCUT2D eigenvalue weighted by Crippen LogP contribution is -1.90. The molecule has 0 unspecified atom stereocenters. The number of nitrogens with zero attached hydrogens (tertiary/aromatic N) is 3. The molecule has 3 aromatic rings. The average Bonchev–Trinajstić information content (AvgIpc) is 2.98. The second kappa shape index (κ2) is 5.90. The molecular formula is C16H10BrN3O. The zero-order valence-corrected chi connectivity index (χ0v) is 12.5. The molecule has 1 heterocycles. The van der Waals surface area contributed by atoms with E-state index in [0.717, 1.165) is 15.6 Å². The highest BCUT2D eigenvalue weighted by atomic mass is 79.9. The van der Waals surface area contributed by atoms with E-state index in [0.29, 0.717) is 23.7 Å². The van der Waals surface area contributed by atoms with E-state index < -0.39 is 0 Å². The van der Waals surface area contributed by atoms with E-state index in [1.807, 2.05) is 24.3 Å². The molecule has 4 nitrogen and oxygen atoms in total. The molecule has 2 aromatic carbocycles. The van der Waals surface area contributed by atoms with Gasteiger partial charge in [-0.25, -0.2) is 0 Å². The molecule has 0 radical (unpaired) electrons. The Kier molecular flexibility index (Phi) is 3.80. The van der Waals surface area contributed by atoms with E-state index >= 15 is 0 Å². The first-order valence-corrected chi connectivity index (χ1v) is 7.11. The van der Waals surface area contributed by atoms with Gasteiger partial charge in [0.15, 0.2) is 5.82 Å². The molecular weight excluding hydrogens is 330 g/mol. The Balaban J connectivity index is 1.79. The predicted octanol–water partition coefficient (Wildman–Crippen LogP) is 3.96. The van der Waals surface area contributed by atoms with Crippen molar-refractivity contribution in [3.05, 3.63) is 70.0 Å². The highest BCUT2D eigenvalue weighted by molar-refractivity contribution is 9.10. The molecule has 0 N–H and O–H groups in total. The van der Waals surface area contributed by atoms with Crippen molar-refractivity contribution >= 4 is 15.9 Å². The first-order chi connectivity index (χ1) is 10.2. The lowest BCUT2D eigenvalue weighted by Gasteiger charge is -1.96. The first-order valence-electron chi connectivity index (χ1n) is 6.32. The van der Waals surface area contributed by atoms with Crippen LogP contribution >= 0.6 is 15.9 Å². The molecule has 0 aliphatic carbocycles. The number of nitriles is 1. The van der Waals surface area contributed by atoms with Crippen LogP contribution in [0.5, 0.6) is 0 Å². The number of rotatable bonds is 3. The van der Waals surface area contributed by atoms with Crippen LogP contribution in [-0.2, 0) is 6.42 Å². The third-order valence-electron chi connectivity index (χ3n) is 3.00. The first kappa shape index (κ1) is 13.5. The molecule has 0 atom stereocenters. The third kappa shape index (κ3) is 3.18. The van der Waals surface area contributed by atoms with Gasteiger partial charge in [0.25, 0.3) is 5.89 Å². The number of benzene rings is 2. The van der Waals surface area contributed by atoms with E-state index in [1.165, 1.54) is 0 Å². The summed E-state index contributed by atoms with van der Waals surface area (Å²) in [6.07, 6.45) is 0.618. The molecule has 0 aliphatic rings. The maximum atomic E-state index is 8.78. The van der Waals surface area contributed by atoms with Gasteiger partial charge in [-0.1, -0.05) is 33.2 Å². The summed E-state index contributed by atoms with van der Waals surface area (Å²) in [5, 5.41) is 12.8. The van der Waals surface area contributed by atoms with Crippen molar-refractivity contribution < 1.29 is 4.52 Å². The van der Waals surface area contributed by atoms with Crippen LogP contribution in [0.15, 0.2) is 57.5 Å². The van der Waals surface area contributed by atoms with Crippen molar-refractivity contribution in [1.29, 1.82) is 5.26 Å². The number of aromatic nitrogens is 2. The Morgan fingerprint density at radius 2 is 1.76 bits per heavy atom. The monoisotopic (exact) mass is 339 g/mol. The molecule has 21 heavy (non-hydrogen) atoms. The average molecular weight is 340 g/mol. The Labute approximate surface area is 130 Å². The van der Waals surface area contributed by atoms with Crippen molar-refractivity contribution in [2.75, 3.05) is 0 Å². The Bertz CT molecular complexity index is 786. The normalized spacial score (nSPS) is 10.3. The molecule has 1 aromatic heterocycles. The fraction of sp³-hybridized carbons (Fsp3) is 0.0625. The highest BCUT2D eigenvalue weighted by Gasteiger charge is 2.09. The Morgan fingerprint density at radius 1 is 1.05 bits per heavy atom. The molecule has 0 fully saturated rings. The lowest BCUT2D eigenvalue weighted by molar-refractivity contribution is 0.424. The molecule has 0 amide bonds. The molecule has 0 saturated heterocycles. The Hall–Kier alpha value is -2.45. The third-order valence-corrected chi connectivity index (χ3v) is 3.53. The minimum absolute atomic E-state index is 0.464. The van der Waals surface area contributed by atoms with Gasteiger partial charge in [-0.15, -0.1) is 0 Å². The van der Waals surface area contributed by atoms with E-state index in [4.69, 9.17) is 9.78 Å². The SMILES string of the molecule is N#Cc1ccc(-c2nc(Cc3ccc(Br)cc3)no2)cc1. The molecule has 0 aliphatic heterocycles. The van der Waals surface area contributed by atoms with Crippen LogP contribution in [0.2, 0.25) is 0 Å². The van der Waals surface area contributed by atoms with Gasteiger partial charge in [-0.2, -0.15) is 10.2 Å². The lowest BCUT2D eigenvalue weighted by atomic mass is 10.1. The Morgan fingerprint density at radius 3 is 2.43 bits per heavy atom. The van der Waals surface area contributed by atoms with Crippen molar-refractivity contribution in [3.8, 4) is 17.5 Å². The van der Waals surface area contributed by atoms with Gasteiger partial charge in [0.05, 0.1) is 11.6 Å². The van der Waals surface area contributed by atoms with Gasteiger partial charge in [-0.3, -0.25) is 0 Å². The zero-order chi connectivity index (χ0) is 14.7. The number of halogens is 1. The summed E-state index contributed by atoms with van der Waals surface area (Å²) in [5.74, 6) is 1.10. The van der Waals surface area contributed by atoms with Gasteiger partial charge in [-0.05, 0) is 42.0 Å². The van der Waals surface area contributed by atoms with Crippen LogP contribution in [0, 0.1) is 11.3 Å². The van der Waals surface area contributed by atoms with Crippen molar-refractivity contribution in [2.24, 2.45) is 0 Å². The van der Waals surface area contributed by atoms with Crippen molar-refractivity contribution in [1.82, 2.24) is 10.1 Å². The predicted molar refractivity (Wildman–Crippen MR) is 81.4 cm³/mol. The highest BCUT2D eigenvalue weighted by Crippen LogP contribution is 2.19. The summed E-state index contributed by atoms with van der Waals surface area (Å²) in [5.41, 5.74) is 2.53. The molecule has 102 valence electrons. The van der Waals surface area contributed by atoms with E-state index in [1.54, 1.807) is 24.3 Å². The number of hydrogen-bond acceptors (Lipinski definition) is 4. The summed E-state index contributed by atoms with van der Waals surface area (Å²) < 4.78 is 6.31. The van der Waals surface area contributed by atoms with Crippen LogP contribution in [0.1, 0.15) is 17.0 Å². The zero-order valence-electron chi connectivity index (χ0n) is 11.0. The molecule has 0 saturated carbocycles. The summed E-state index contributed by atoms with van der Waals surface area (Å²) in [4.78, 5) is 4.38. The summed E-state index contributed by atoms with van der Waals surface area (Å²) in [6.45, 7) is 0. The molecule has 0 bridgehead atoms. The maximum Gasteiger partial charge on any atom is 0.257 e. The van der Waals surface area contributed by atoms with E-state index in [2.05, 4.69) is 32.1 Å². The van der Waals surface area contributed by atoms with Crippen LogP contribution < -0.4 is 0 Å². The molecule has 3 rings (SSSR count). The van der Waals surface area contributed by atoms with E-state index in [-0.39, 0.29) is 0 Å². The topological polar surface area (TPSA) is 62.7 Å². The number of hydrogen-bond donors (Lipinski definition) is 0. The van der Waals surface area contributed by atoms with Crippen LogP contribution in [0.25, 0.3) is 11.5 Å². The summed E-state index contributed by atoms with van der Waals surface area (Å²) in [6, 6.07) is 17.1. The largest absolute Gasteiger partial charge is 0.334 e. The second-order valence-corrected chi connectivity index (χ2v) is 5.42. The van der Waals surface area contributed by atoms with Crippen LogP contribution in [0.4, 0.5) is 0 Å². The van der Waals surface area contributed by atoms with Gasteiger partial charge in [0, 0.05) is 16.5 Å². The maximum absolute atomic E-state index is 8.78. The minimum Gasteiger partial charge on any atom is -0.334 e. The van der Waals surface area contributed by atoms with Crippen molar-refractivity contribution in [3.63, 3.8) is 0 Å². The quantitative estimate of drug-likeness (QED) is 0.724. The van der Waals surface area contributed by atoms with E-state index in [9.17, 15) is 0 Å². The molecule has 0 spiro atoms. The standard InChI is InChI=1S/C16H10BrN3O/c17-14-7-3-11(4-8-14)9-15-19-16(21-20-15)13-5-1-12(10-18)2-6-13/h1-8H,9H2. The van der Waals surface area contributed by atoms with Crippen LogP contribution in [0.3, 0.4) is 0 Å². The minimum atomic E-state index is 0.464. The smallest absolute Gasteiger partial charge is 0.257 e. The molecule has 5 heteroatoms.